The van der Waals surface area contributed by atoms with E-state index >= 15 is 0 Å². The third-order valence-electron chi connectivity index (χ3n) is 2.91. The van der Waals surface area contributed by atoms with Crippen LogP contribution in [0.1, 0.15) is 26.7 Å². The lowest BCUT2D eigenvalue weighted by Gasteiger charge is -2.16. The van der Waals surface area contributed by atoms with E-state index in [9.17, 15) is 4.79 Å². The standard InChI is InChI=1S/C11H18N2OS/c1-8(2)9(6-12)10(14)13-7-11(15-3)4-5-11/h8-9H,4-5,7H2,1-3H3,(H,13,14). The SMILES string of the molecule is CSC1(CNC(=O)C(C#N)C(C)C)CC1. The molecule has 1 saturated carbocycles. The van der Waals surface area contributed by atoms with Crippen LogP contribution in [0.5, 0.6) is 0 Å². The fourth-order valence-corrected chi connectivity index (χ4v) is 2.19. The van der Waals surface area contributed by atoms with Gasteiger partial charge in [-0.2, -0.15) is 17.0 Å². The number of carbonyl (C=O) groups excluding carboxylic acids is 1. The number of carbonyl (C=O) groups is 1. The first kappa shape index (κ1) is 12.4. The van der Waals surface area contributed by atoms with Gasteiger partial charge in [-0.3, -0.25) is 4.79 Å². The molecule has 1 fully saturated rings. The summed E-state index contributed by atoms with van der Waals surface area (Å²) >= 11 is 1.81. The Morgan fingerprint density at radius 1 is 1.60 bits per heavy atom. The highest BCUT2D eigenvalue weighted by atomic mass is 32.2. The molecule has 1 aliphatic rings. The Hall–Kier alpha value is -0.690. The molecule has 0 bridgehead atoms. The molecular weight excluding hydrogens is 208 g/mol. The van der Waals surface area contributed by atoms with E-state index < -0.39 is 5.92 Å². The second-order valence-corrected chi connectivity index (χ2v) is 5.73. The van der Waals surface area contributed by atoms with Gasteiger partial charge in [0.15, 0.2) is 0 Å². The number of thioether (sulfide) groups is 1. The number of nitrogens with zero attached hydrogens (tertiary/aromatic N) is 1. The molecule has 1 atom stereocenters. The molecule has 0 aromatic carbocycles. The lowest BCUT2D eigenvalue weighted by Crippen LogP contribution is -2.37. The minimum Gasteiger partial charge on any atom is -0.354 e. The number of hydrogen-bond acceptors (Lipinski definition) is 3. The van der Waals surface area contributed by atoms with Gasteiger partial charge < -0.3 is 5.32 Å². The van der Waals surface area contributed by atoms with Crippen LogP contribution < -0.4 is 5.32 Å². The predicted octanol–water partition coefficient (Wildman–Crippen LogP) is 1.79. The Bertz CT molecular complexity index is 279. The second-order valence-electron chi connectivity index (χ2n) is 4.46. The molecule has 1 aliphatic carbocycles. The summed E-state index contributed by atoms with van der Waals surface area (Å²) in [6.07, 6.45) is 4.42. The first-order valence-corrected chi connectivity index (χ1v) is 6.49. The molecule has 0 aromatic heterocycles. The van der Waals surface area contributed by atoms with Crippen molar-refractivity contribution >= 4 is 17.7 Å². The summed E-state index contributed by atoms with van der Waals surface area (Å²) in [4.78, 5) is 11.7. The smallest absolute Gasteiger partial charge is 0.237 e. The Labute approximate surface area is 95.6 Å². The van der Waals surface area contributed by atoms with Crippen molar-refractivity contribution in [2.75, 3.05) is 12.8 Å². The van der Waals surface area contributed by atoms with E-state index in [0.717, 1.165) is 0 Å². The van der Waals surface area contributed by atoms with Crippen LogP contribution in [0.25, 0.3) is 0 Å². The van der Waals surface area contributed by atoms with Crippen molar-refractivity contribution in [1.29, 1.82) is 5.26 Å². The number of amides is 1. The van der Waals surface area contributed by atoms with Gasteiger partial charge in [0.05, 0.1) is 6.07 Å². The monoisotopic (exact) mass is 226 g/mol. The van der Waals surface area contributed by atoms with E-state index in [1.165, 1.54) is 12.8 Å². The summed E-state index contributed by atoms with van der Waals surface area (Å²) in [7, 11) is 0. The zero-order valence-corrected chi connectivity index (χ0v) is 10.4. The van der Waals surface area contributed by atoms with E-state index in [1.807, 2.05) is 25.6 Å². The third kappa shape index (κ3) is 3.13. The summed E-state index contributed by atoms with van der Waals surface area (Å²) in [6, 6.07) is 2.06. The molecule has 0 spiro atoms. The van der Waals surface area contributed by atoms with Crippen LogP contribution in [0.2, 0.25) is 0 Å². The normalized spacial score (nSPS) is 19.4. The molecule has 4 heteroatoms. The maximum absolute atomic E-state index is 11.7. The number of hydrogen-bond donors (Lipinski definition) is 1. The molecule has 1 N–H and O–H groups in total. The summed E-state index contributed by atoms with van der Waals surface area (Å²) in [6.45, 7) is 4.50. The quantitative estimate of drug-likeness (QED) is 0.777. The first-order valence-electron chi connectivity index (χ1n) is 5.27. The zero-order valence-electron chi connectivity index (χ0n) is 9.54. The van der Waals surface area contributed by atoms with Gasteiger partial charge in [-0.25, -0.2) is 0 Å². The van der Waals surface area contributed by atoms with Gasteiger partial charge in [0.2, 0.25) is 5.91 Å². The van der Waals surface area contributed by atoms with Crippen molar-refractivity contribution in [1.82, 2.24) is 5.32 Å². The van der Waals surface area contributed by atoms with Crippen molar-refractivity contribution in [2.45, 2.75) is 31.4 Å². The lowest BCUT2D eigenvalue weighted by atomic mass is 9.97. The highest BCUT2D eigenvalue weighted by Crippen LogP contribution is 2.46. The van der Waals surface area contributed by atoms with Crippen molar-refractivity contribution < 1.29 is 4.79 Å². The van der Waals surface area contributed by atoms with Crippen molar-refractivity contribution in [3.8, 4) is 6.07 Å². The molecule has 0 saturated heterocycles. The van der Waals surface area contributed by atoms with Gasteiger partial charge in [0.1, 0.15) is 5.92 Å². The van der Waals surface area contributed by atoms with Crippen LogP contribution in [0.4, 0.5) is 0 Å². The van der Waals surface area contributed by atoms with E-state index in [0.29, 0.717) is 6.54 Å². The van der Waals surface area contributed by atoms with Crippen LogP contribution >= 0.6 is 11.8 Å². The van der Waals surface area contributed by atoms with E-state index in [4.69, 9.17) is 5.26 Å². The van der Waals surface area contributed by atoms with Crippen LogP contribution in [0, 0.1) is 23.2 Å². The van der Waals surface area contributed by atoms with E-state index in [2.05, 4.69) is 17.6 Å². The molecule has 1 amide bonds. The molecular formula is C11H18N2OS. The predicted molar refractivity (Wildman–Crippen MR) is 62.4 cm³/mol. The lowest BCUT2D eigenvalue weighted by molar-refractivity contribution is -0.124. The molecule has 15 heavy (non-hydrogen) atoms. The molecule has 0 radical (unpaired) electrons. The molecule has 0 heterocycles. The van der Waals surface area contributed by atoms with Crippen LogP contribution in [-0.4, -0.2) is 23.5 Å². The van der Waals surface area contributed by atoms with Crippen molar-refractivity contribution in [2.24, 2.45) is 11.8 Å². The van der Waals surface area contributed by atoms with Crippen LogP contribution in [0.15, 0.2) is 0 Å². The first-order chi connectivity index (χ1) is 7.04. The molecule has 1 unspecified atom stereocenters. The number of nitrogens with one attached hydrogen (secondary N) is 1. The van der Waals surface area contributed by atoms with Crippen LogP contribution in [0.3, 0.4) is 0 Å². The molecule has 1 rings (SSSR count). The summed E-state index contributed by atoms with van der Waals surface area (Å²) in [5, 5.41) is 11.7. The van der Waals surface area contributed by atoms with Gasteiger partial charge in [0, 0.05) is 11.3 Å². The Balaban J connectivity index is 2.39. The van der Waals surface area contributed by atoms with Gasteiger partial charge in [0.25, 0.3) is 0 Å². The summed E-state index contributed by atoms with van der Waals surface area (Å²) in [5.41, 5.74) is 0. The average Bonchev–Trinajstić information content (AvgIpc) is 2.96. The Morgan fingerprint density at radius 2 is 2.20 bits per heavy atom. The van der Waals surface area contributed by atoms with Gasteiger partial charge in [-0.05, 0) is 25.0 Å². The maximum Gasteiger partial charge on any atom is 0.237 e. The highest BCUT2D eigenvalue weighted by Gasteiger charge is 2.42. The third-order valence-corrected chi connectivity index (χ3v) is 4.33. The average molecular weight is 226 g/mol. The van der Waals surface area contributed by atoms with Crippen LogP contribution in [-0.2, 0) is 4.79 Å². The fraction of sp³-hybridized carbons (Fsp3) is 0.818. The zero-order chi connectivity index (χ0) is 11.5. The van der Waals surface area contributed by atoms with E-state index in [-0.39, 0.29) is 16.6 Å². The minimum atomic E-state index is -0.511. The minimum absolute atomic E-state index is 0.0828. The van der Waals surface area contributed by atoms with Gasteiger partial charge in [-0.1, -0.05) is 13.8 Å². The maximum atomic E-state index is 11.7. The molecule has 0 aliphatic heterocycles. The molecule has 84 valence electrons. The largest absolute Gasteiger partial charge is 0.354 e. The second kappa shape index (κ2) is 4.89. The number of nitriles is 1. The molecule has 3 nitrogen and oxygen atoms in total. The number of rotatable bonds is 5. The molecule has 0 aromatic rings. The van der Waals surface area contributed by atoms with Gasteiger partial charge >= 0.3 is 0 Å². The Morgan fingerprint density at radius 3 is 2.53 bits per heavy atom. The summed E-state index contributed by atoms with van der Waals surface area (Å²) < 4.78 is 0.270. The fourth-order valence-electron chi connectivity index (χ4n) is 1.46. The summed E-state index contributed by atoms with van der Waals surface area (Å²) in [5.74, 6) is -0.546. The van der Waals surface area contributed by atoms with E-state index in [1.54, 1.807) is 0 Å². The Kier molecular flexibility index (Phi) is 4.04. The van der Waals surface area contributed by atoms with Crippen molar-refractivity contribution in [3.63, 3.8) is 0 Å². The van der Waals surface area contributed by atoms with Crippen molar-refractivity contribution in [3.05, 3.63) is 0 Å². The van der Waals surface area contributed by atoms with Gasteiger partial charge in [-0.15, -0.1) is 0 Å². The topological polar surface area (TPSA) is 52.9 Å². The highest BCUT2D eigenvalue weighted by molar-refractivity contribution is 8.00.